The number of piperazine rings is 1. The number of hydrogen-bond acceptors (Lipinski definition) is 4. The van der Waals surface area contributed by atoms with Gasteiger partial charge in [0.05, 0.1) is 6.42 Å². The van der Waals surface area contributed by atoms with Crippen molar-refractivity contribution in [2.45, 2.75) is 38.4 Å². The molecule has 19 heavy (non-hydrogen) atoms. The summed E-state index contributed by atoms with van der Waals surface area (Å²) in [5.74, 6) is -0.748. The van der Waals surface area contributed by atoms with Gasteiger partial charge in [0, 0.05) is 43.6 Å². The first kappa shape index (κ1) is 14.0. The Balaban J connectivity index is 2.09. The van der Waals surface area contributed by atoms with Crippen molar-refractivity contribution in [2.75, 3.05) is 13.1 Å². The van der Waals surface area contributed by atoms with E-state index in [1.807, 2.05) is 18.3 Å². The molecule has 2 N–H and O–H groups in total. The third-order valence-electron chi connectivity index (χ3n) is 3.45. The lowest BCUT2D eigenvalue weighted by molar-refractivity contribution is -0.139. The van der Waals surface area contributed by atoms with E-state index in [1.54, 1.807) is 6.20 Å². The molecule has 0 radical (unpaired) electrons. The molecule has 1 atom stereocenters. The molecule has 1 unspecified atom stereocenters. The highest BCUT2D eigenvalue weighted by Gasteiger charge is 2.33. The van der Waals surface area contributed by atoms with Crippen molar-refractivity contribution in [1.29, 1.82) is 0 Å². The Hall–Kier alpha value is -1.46. The summed E-state index contributed by atoms with van der Waals surface area (Å²) in [6.45, 7) is 6.57. The number of carboxylic acid groups (broad SMARTS) is 1. The lowest BCUT2D eigenvalue weighted by Crippen LogP contribution is -2.61. The highest BCUT2D eigenvalue weighted by molar-refractivity contribution is 5.67. The van der Waals surface area contributed by atoms with Gasteiger partial charge in [-0.15, -0.1) is 0 Å². The number of nitrogens with one attached hydrogen (secondary N) is 1. The molecule has 0 saturated carbocycles. The van der Waals surface area contributed by atoms with Gasteiger partial charge in [0.25, 0.3) is 0 Å². The SMILES string of the molecule is CC1(C)CN(Cc2cccnc2)C(CC(=O)O)CN1. The van der Waals surface area contributed by atoms with Crippen LogP contribution in [-0.2, 0) is 11.3 Å². The van der Waals surface area contributed by atoms with Crippen LogP contribution < -0.4 is 5.32 Å². The topological polar surface area (TPSA) is 65.5 Å². The average molecular weight is 263 g/mol. The first-order valence-electron chi connectivity index (χ1n) is 6.56. The molecule has 1 fully saturated rings. The first-order chi connectivity index (χ1) is 8.96. The highest BCUT2D eigenvalue weighted by Crippen LogP contribution is 2.19. The lowest BCUT2D eigenvalue weighted by Gasteiger charge is -2.44. The summed E-state index contributed by atoms with van der Waals surface area (Å²) in [6, 6.07) is 3.97. The molecule has 1 aromatic heterocycles. The molecule has 2 heterocycles. The number of aromatic nitrogens is 1. The number of carbonyl (C=O) groups is 1. The summed E-state index contributed by atoms with van der Waals surface area (Å²) in [4.78, 5) is 17.3. The highest BCUT2D eigenvalue weighted by atomic mass is 16.4. The maximum atomic E-state index is 11.0. The molecule has 1 saturated heterocycles. The fourth-order valence-corrected chi connectivity index (χ4v) is 2.53. The Morgan fingerprint density at radius 2 is 2.42 bits per heavy atom. The van der Waals surface area contributed by atoms with Gasteiger partial charge in [-0.25, -0.2) is 0 Å². The number of pyridine rings is 1. The quantitative estimate of drug-likeness (QED) is 0.852. The van der Waals surface area contributed by atoms with E-state index in [0.717, 1.165) is 18.7 Å². The zero-order valence-corrected chi connectivity index (χ0v) is 11.5. The second-order valence-corrected chi connectivity index (χ2v) is 5.78. The van der Waals surface area contributed by atoms with Crippen molar-refractivity contribution in [2.24, 2.45) is 0 Å². The number of hydrogen-bond donors (Lipinski definition) is 2. The molecule has 0 aromatic carbocycles. The van der Waals surface area contributed by atoms with Crippen LogP contribution in [0.5, 0.6) is 0 Å². The van der Waals surface area contributed by atoms with E-state index >= 15 is 0 Å². The minimum atomic E-state index is -0.748. The summed E-state index contributed by atoms with van der Waals surface area (Å²) in [5, 5.41) is 12.4. The summed E-state index contributed by atoms with van der Waals surface area (Å²) >= 11 is 0. The van der Waals surface area contributed by atoms with Crippen LogP contribution in [0.4, 0.5) is 0 Å². The van der Waals surface area contributed by atoms with E-state index < -0.39 is 5.97 Å². The molecular formula is C14H21N3O2. The largest absolute Gasteiger partial charge is 0.481 e. The van der Waals surface area contributed by atoms with Gasteiger partial charge in [-0.3, -0.25) is 14.7 Å². The number of nitrogens with zero attached hydrogens (tertiary/aromatic N) is 2. The normalized spacial score (nSPS) is 23.2. The maximum absolute atomic E-state index is 11.0. The van der Waals surface area contributed by atoms with Crippen molar-refractivity contribution in [3.05, 3.63) is 30.1 Å². The fourth-order valence-electron chi connectivity index (χ4n) is 2.53. The van der Waals surface area contributed by atoms with Gasteiger partial charge < -0.3 is 10.4 Å². The zero-order valence-electron chi connectivity index (χ0n) is 11.5. The van der Waals surface area contributed by atoms with E-state index in [4.69, 9.17) is 5.11 Å². The van der Waals surface area contributed by atoms with Crippen LogP contribution >= 0.6 is 0 Å². The minimum Gasteiger partial charge on any atom is -0.481 e. The van der Waals surface area contributed by atoms with Crippen LogP contribution in [-0.4, -0.2) is 45.6 Å². The van der Waals surface area contributed by atoms with Crippen molar-refractivity contribution in [3.63, 3.8) is 0 Å². The van der Waals surface area contributed by atoms with Gasteiger partial charge in [0.15, 0.2) is 0 Å². The van der Waals surface area contributed by atoms with E-state index in [2.05, 4.69) is 29.0 Å². The van der Waals surface area contributed by atoms with Crippen molar-refractivity contribution < 1.29 is 9.90 Å². The van der Waals surface area contributed by atoms with Gasteiger partial charge in [0.1, 0.15) is 0 Å². The number of carboxylic acids is 1. The summed E-state index contributed by atoms with van der Waals surface area (Å²) in [6.07, 6.45) is 3.76. The average Bonchev–Trinajstić information content (AvgIpc) is 2.33. The van der Waals surface area contributed by atoms with Gasteiger partial charge in [0.2, 0.25) is 0 Å². The minimum absolute atomic E-state index is 0.0111. The van der Waals surface area contributed by atoms with Crippen LogP contribution in [0.2, 0.25) is 0 Å². The van der Waals surface area contributed by atoms with Crippen LogP contribution in [0.3, 0.4) is 0 Å². The Bertz CT molecular complexity index is 434. The molecule has 0 aliphatic carbocycles. The standard InChI is InChI=1S/C14H21N3O2/c1-14(2)10-17(9-11-4-3-5-15-7-11)12(8-16-14)6-13(18)19/h3-5,7,12,16H,6,8-10H2,1-2H3,(H,18,19). The zero-order chi connectivity index (χ0) is 13.9. The lowest BCUT2D eigenvalue weighted by atomic mass is 9.96. The monoisotopic (exact) mass is 263 g/mol. The molecule has 104 valence electrons. The second-order valence-electron chi connectivity index (χ2n) is 5.78. The second kappa shape index (κ2) is 5.67. The van der Waals surface area contributed by atoms with E-state index in [9.17, 15) is 4.79 Å². The smallest absolute Gasteiger partial charge is 0.304 e. The van der Waals surface area contributed by atoms with Crippen molar-refractivity contribution >= 4 is 5.97 Å². The Labute approximate surface area is 113 Å². The number of rotatable bonds is 4. The molecule has 1 aromatic rings. The van der Waals surface area contributed by atoms with E-state index in [-0.39, 0.29) is 18.0 Å². The molecule has 1 aliphatic rings. The Morgan fingerprint density at radius 1 is 1.63 bits per heavy atom. The van der Waals surface area contributed by atoms with Gasteiger partial charge in [-0.2, -0.15) is 0 Å². The number of aliphatic carboxylic acids is 1. The molecular weight excluding hydrogens is 242 g/mol. The van der Waals surface area contributed by atoms with Gasteiger partial charge in [-0.05, 0) is 25.5 Å². The molecule has 2 rings (SSSR count). The first-order valence-corrected chi connectivity index (χ1v) is 6.56. The van der Waals surface area contributed by atoms with E-state index in [1.165, 1.54) is 0 Å². The third-order valence-corrected chi connectivity index (χ3v) is 3.45. The van der Waals surface area contributed by atoms with Crippen molar-refractivity contribution in [1.82, 2.24) is 15.2 Å². The molecule has 5 nitrogen and oxygen atoms in total. The van der Waals surface area contributed by atoms with Crippen LogP contribution in [0.15, 0.2) is 24.5 Å². The van der Waals surface area contributed by atoms with Gasteiger partial charge >= 0.3 is 5.97 Å². The fraction of sp³-hybridized carbons (Fsp3) is 0.571. The predicted octanol–water partition coefficient (Wildman–Crippen LogP) is 1.11. The predicted molar refractivity (Wildman–Crippen MR) is 72.8 cm³/mol. The summed E-state index contributed by atoms with van der Waals surface area (Å²) in [7, 11) is 0. The summed E-state index contributed by atoms with van der Waals surface area (Å²) in [5.41, 5.74) is 1.13. The molecule has 0 spiro atoms. The van der Waals surface area contributed by atoms with E-state index in [0.29, 0.717) is 6.54 Å². The molecule has 0 bridgehead atoms. The van der Waals surface area contributed by atoms with Crippen LogP contribution in [0.25, 0.3) is 0 Å². The Morgan fingerprint density at radius 3 is 3.05 bits per heavy atom. The maximum Gasteiger partial charge on any atom is 0.304 e. The van der Waals surface area contributed by atoms with Crippen LogP contribution in [0, 0.1) is 0 Å². The Kier molecular flexibility index (Phi) is 4.17. The van der Waals surface area contributed by atoms with Crippen LogP contribution in [0.1, 0.15) is 25.8 Å². The van der Waals surface area contributed by atoms with Crippen molar-refractivity contribution in [3.8, 4) is 0 Å². The van der Waals surface area contributed by atoms with Gasteiger partial charge in [-0.1, -0.05) is 6.07 Å². The third kappa shape index (κ3) is 4.01. The molecule has 0 amide bonds. The molecule has 1 aliphatic heterocycles. The summed E-state index contributed by atoms with van der Waals surface area (Å²) < 4.78 is 0. The molecule has 5 heteroatoms.